The van der Waals surface area contributed by atoms with Gasteiger partial charge >= 0.3 is 0 Å². The van der Waals surface area contributed by atoms with Gasteiger partial charge in [-0.2, -0.15) is 0 Å². The molecule has 0 radical (unpaired) electrons. The molecule has 5 aromatic carbocycles. The summed E-state index contributed by atoms with van der Waals surface area (Å²) in [5.41, 5.74) is 8.08. The number of anilines is 1. The molecule has 1 fully saturated rings. The number of methoxy groups -OCH3 is 1. The molecule has 7 rings (SSSR count). The van der Waals surface area contributed by atoms with Gasteiger partial charge in [-0.1, -0.05) is 91.0 Å². The van der Waals surface area contributed by atoms with E-state index in [4.69, 9.17) is 44.6 Å². The zero-order valence-electron chi connectivity index (χ0n) is 37.1. The Kier molecular flexibility index (Phi) is 17.6. The molecule has 0 bridgehead atoms. The highest BCUT2D eigenvalue weighted by atomic mass is 17.1. The van der Waals surface area contributed by atoms with Crippen molar-refractivity contribution in [1.82, 2.24) is 15.7 Å². The normalized spacial score (nSPS) is 16.1. The number of piperidine rings is 1. The molecule has 16 nitrogen and oxygen atoms in total. The summed E-state index contributed by atoms with van der Waals surface area (Å²) < 4.78 is 24.1. The topological polar surface area (TPSA) is 183 Å². The second-order valence-electron chi connectivity index (χ2n) is 16.4. The van der Waals surface area contributed by atoms with Crippen molar-refractivity contribution in [2.45, 2.75) is 77.0 Å². The third-order valence-electron chi connectivity index (χ3n) is 11.9. The third kappa shape index (κ3) is 13.9. The Morgan fingerprint density at radius 2 is 1.32 bits per heavy atom. The second kappa shape index (κ2) is 24.1. The smallest absolute Gasteiger partial charge is 0.231 e. The summed E-state index contributed by atoms with van der Waals surface area (Å²) in [5.74, 6) is 1.52. The highest BCUT2D eigenvalue weighted by molar-refractivity contribution is 5.96. The summed E-state index contributed by atoms with van der Waals surface area (Å²) in [6.45, 7) is 3.28. The van der Waals surface area contributed by atoms with Gasteiger partial charge in [0.1, 0.15) is 11.5 Å². The van der Waals surface area contributed by atoms with E-state index >= 15 is 0 Å². The molecule has 16 heteroatoms. The van der Waals surface area contributed by atoms with Crippen molar-refractivity contribution in [2.75, 3.05) is 44.9 Å². The molecule has 0 saturated carbocycles. The number of ether oxygens (including phenoxy) is 4. The quantitative estimate of drug-likeness (QED) is 0.0399. The fourth-order valence-electron chi connectivity index (χ4n) is 8.36. The van der Waals surface area contributed by atoms with Gasteiger partial charge in [-0.3, -0.25) is 30.4 Å². The number of nitrogens with zero attached hydrogens (tertiary/aromatic N) is 4. The van der Waals surface area contributed by atoms with Gasteiger partial charge < -0.3 is 28.7 Å². The number of carbonyl (C=O) groups is 2. The van der Waals surface area contributed by atoms with Gasteiger partial charge in [-0.15, -0.1) is 0 Å². The highest BCUT2D eigenvalue weighted by Gasteiger charge is 2.34. The first-order valence-electron chi connectivity index (χ1n) is 22.1. The first kappa shape index (κ1) is 48.2. The van der Waals surface area contributed by atoms with Crippen molar-refractivity contribution in [1.29, 1.82) is 0 Å². The van der Waals surface area contributed by atoms with Crippen LogP contribution in [0.3, 0.4) is 0 Å². The zero-order valence-corrected chi connectivity index (χ0v) is 37.1. The maximum absolute atomic E-state index is 13.8. The van der Waals surface area contributed by atoms with E-state index in [0.29, 0.717) is 51.4 Å². The van der Waals surface area contributed by atoms with Crippen LogP contribution >= 0.6 is 0 Å². The average Bonchev–Trinajstić information content (AvgIpc) is 3.33. The molecular weight excluding hydrogens is 849 g/mol. The first-order chi connectivity index (χ1) is 32.1. The van der Waals surface area contributed by atoms with Crippen LogP contribution in [0.1, 0.15) is 69.7 Å². The van der Waals surface area contributed by atoms with Crippen LogP contribution in [-0.4, -0.2) is 94.4 Å². The van der Waals surface area contributed by atoms with Crippen molar-refractivity contribution in [2.24, 2.45) is 0 Å². The van der Waals surface area contributed by atoms with Crippen LogP contribution in [0.2, 0.25) is 0 Å². The fraction of sp³-hybridized carbons (Fsp3) is 0.360. The van der Waals surface area contributed by atoms with Crippen LogP contribution < -0.4 is 14.4 Å². The van der Waals surface area contributed by atoms with Crippen molar-refractivity contribution in [3.05, 3.63) is 160 Å². The summed E-state index contributed by atoms with van der Waals surface area (Å²) in [5, 5.41) is 34.8. The molecule has 0 aliphatic carbocycles. The molecule has 2 unspecified atom stereocenters. The molecule has 0 spiro atoms. The number of hydrogen-bond acceptors (Lipinski definition) is 14. The highest BCUT2D eigenvalue weighted by Crippen LogP contribution is 2.34. The van der Waals surface area contributed by atoms with Crippen molar-refractivity contribution >= 4 is 17.5 Å². The van der Waals surface area contributed by atoms with E-state index in [9.17, 15) is 9.59 Å². The van der Waals surface area contributed by atoms with Crippen LogP contribution in [0.4, 0.5) is 5.69 Å². The summed E-state index contributed by atoms with van der Waals surface area (Å²) >= 11 is 0. The SMILES string of the molecule is COc1ccccc1COCCCOc1ccc(C2CCN(C(=O)Cc3ccc(CON(O)O)cc3)CC2OCc2ccc3c(c2)N(C(=O)Cc2ccc(CON(O)O)cc2)CCC3)cc1. The molecule has 5 aromatic rings. The van der Waals surface area contributed by atoms with E-state index in [-0.39, 0.29) is 67.3 Å². The Bertz CT molecular complexity index is 2310. The number of amides is 2. The number of rotatable bonds is 22. The molecule has 2 aliphatic rings. The molecule has 2 atom stereocenters. The largest absolute Gasteiger partial charge is 0.496 e. The first-order valence-corrected chi connectivity index (χ1v) is 22.1. The number of benzene rings is 5. The molecule has 1 saturated heterocycles. The number of para-hydroxylation sites is 1. The van der Waals surface area contributed by atoms with Gasteiger partial charge in [0.2, 0.25) is 11.8 Å². The van der Waals surface area contributed by atoms with Crippen LogP contribution in [0, 0.1) is 0 Å². The molecule has 350 valence electrons. The van der Waals surface area contributed by atoms with Crippen molar-refractivity contribution in [3.63, 3.8) is 0 Å². The van der Waals surface area contributed by atoms with E-state index in [1.54, 1.807) is 31.4 Å². The minimum absolute atomic E-state index is 0.00301. The Hall–Kier alpha value is -5.76. The minimum Gasteiger partial charge on any atom is -0.496 e. The molecule has 2 aliphatic heterocycles. The van der Waals surface area contributed by atoms with Gasteiger partial charge in [0.05, 0.1) is 76.5 Å². The molecule has 66 heavy (non-hydrogen) atoms. The van der Waals surface area contributed by atoms with Gasteiger partial charge in [0.15, 0.2) is 0 Å². The number of likely N-dealkylation sites (tertiary alicyclic amines) is 1. The lowest BCUT2D eigenvalue weighted by Crippen LogP contribution is -2.47. The van der Waals surface area contributed by atoms with E-state index < -0.39 is 0 Å². The van der Waals surface area contributed by atoms with E-state index in [2.05, 4.69) is 29.1 Å². The van der Waals surface area contributed by atoms with Gasteiger partial charge in [-0.25, -0.2) is 9.68 Å². The van der Waals surface area contributed by atoms with Crippen LogP contribution in [-0.2, 0) is 74.4 Å². The predicted octanol–water partition coefficient (Wildman–Crippen LogP) is 7.37. The van der Waals surface area contributed by atoms with Crippen LogP contribution in [0.25, 0.3) is 0 Å². The second-order valence-corrected chi connectivity index (χ2v) is 16.4. The summed E-state index contributed by atoms with van der Waals surface area (Å²) in [6, 6.07) is 36.5. The van der Waals surface area contributed by atoms with Gasteiger partial charge in [-0.05, 0) is 82.5 Å². The number of aryl methyl sites for hydroxylation is 1. The Morgan fingerprint density at radius 3 is 1.98 bits per heavy atom. The lowest BCUT2D eigenvalue weighted by atomic mass is 9.86. The molecule has 2 amide bonds. The third-order valence-corrected chi connectivity index (χ3v) is 11.9. The zero-order chi connectivity index (χ0) is 46.3. The van der Waals surface area contributed by atoms with Gasteiger partial charge in [0.25, 0.3) is 0 Å². The molecule has 2 heterocycles. The Balaban J connectivity index is 0.991. The lowest BCUT2D eigenvalue weighted by Gasteiger charge is -2.39. The van der Waals surface area contributed by atoms with Crippen molar-refractivity contribution in [3.8, 4) is 11.5 Å². The molecule has 4 N–H and O–H groups in total. The van der Waals surface area contributed by atoms with Crippen LogP contribution in [0.5, 0.6) is 11.5 Å². The predicted molar refractivity (Wildman–Crippen MR) is 240 cm³/mol. The van der Waals surface area contributed by atoms with Crippen molar-refractivity contribution < 1.29 is 59.0 Å². The minimum atomic E-state index is -0.330. The van der Waals surface area contributed by atoms with E-state index in [0.717, 1.165) is 75.4 Å². The Morgan fingerprint density at radius 1 is 0.682 bits per heavy atom. The van der Waals surface area contributed by atoms with Gasteiger partial charge in [0, 0.05) is 43.2 Å². The molecular formula is C50H58N4O12. The van der Waals surface area contributed by atoms with E-state index in [1.165, 1.54) is 0 Å². The maximum atomic E-state index is 13.8. The Labute approximate surface area is 384 Å². The molecule has 0 aromatic heterocycles. The summed E-state index contributed by atoms with van der Waals surface area (Å²) in [7, 11) is 1.65. The lowest BCUT2D eigenvalue weighted by molar-refractivity contribution is -0.497. The van der Waals surface area contributed by atoms with Crippen LogP contribution in [0.15, 0.2) is 115 Å². The standard InChI is InChI=1S/C50H58N4O12/c1-61-47-8-3-2-6-43(47)35-62-26-5-27-63-44-21-19-41(20-22-44)45-23-25-51(49(55)29-36-9-13-38(14-10-36)33-65-53(57)58)31-48(45)64-32-40-17-18-42-7-4-24-52(46(42)28-40)50(56)30-37-11-15-39(16-12-37)34-66-54(59)60/h2-3,6,8-22,28,45,48,57-60H,4-5,7,23-27,29-35H2,1H3. The number of carbonyl (C=O) groups excluding carboxylic acids is 2. The average molecular weight is 907 g/mol. The summed E-state index contributed by atoms with van der Waals surface area (Å²) in [4.78, 5) is 40.6. The number of hydrogen-bond donors (Lipinski definition) is 4. The fourth-order valence-corrected chi connectivity index (χ4v) is 8.36. The summed E-state index contributed by atoms with van der Waals surface area (Å²) in [6.07, 6.45) is 3.20. The number of fused-ring (bicyclic) bond motifs is 1. The maximum Gasteiger partial charge on any atom is 0.231 e. The van der Waals surface area contributed by atoms with E-state index in [1.807, 2.05) is 76.5 Å². The monoisotopic (exact) mass is 906 g/mol.